The van der Waals surface area contributed by atoms with E-state index in [1.807, 2.05) is 32.0 Å². The van der Waals surface area contributed by atoms with E-state index in [1.54, 1.807) is 12.1 Å². The number of pyridine rings is 1. The normalized spacial score (nSPS) is 10.5. The van der Waals surface area contributed by atoms with Gasteiger partial charge in [-0.15, -0.1) is 0 Å². The van der Waals surface area contributed by atoms with E-state index < -0.39 is 5.97 Å². The van der Waals surface area contributed by atoms with Crippen molar-refractivity contribution in [1.82, 2.24) is 4.98 Å². The standard InChI is InChI=1S/C23H24N2O6/c1-13-7-6-8-14(2)22(13)25-21(26)12-31-18-11-17(23(27)30-5)24-16-10-20(29-4)19(28-3)9-15(16)18/h6-11H,12H2,1-5H3,(H,25,26). The van der Waals surface area contributed by atoms with Crippen LogP contribution in [0.2, 0.25) is 0 Å². The van der Waals surface area contributed by atoms with Gasteiger partial charge in [0.2, 0.25) is 0 Å². The van der Waals surface area contributed by atoms with E-state index in [1.165, 1.54) is 27.4 Å². The minimum Gasteiger partial charge on any atom is -0.493 e. The van der Waals surface area contributed by atoms with Gasteiger partial charge in [0.15, 0.2) is 23.8 Å². The topological polar surface area (TPSA) is 96.0 Å². The Morgan fingerprint density at radius 3 is 2.19 bits per heavy atom. The van der Waals surface area contributed by atoms with Gasteiger partial charge in [0, 0.05) is 23.2 Å². The molecule has 162 valence electrons. The number of esters is 1. The minimum atomic E-state index is -0.624. The van der Waals surface area contributed by atoms with E-state index in [0.717, 1.165) is 16.8 Å². The van der Waals surface area contributed by atoms with Gasteiger partial charge in [0.1, 0.15) is 5.75 Å². The second-order valence-corrected chi connectivity index (χ2v) is 6.83. The molecule has 1 N–H and O–H groups in total. The molecular formula is C23H24N2O6. The van der Waals surface area contributed by atoms with Crippen molar-refractivity contribution in [3.63, 3.8) is 0 Å². The van der Waals surface area contributed by atoms with Gasteiger partial charge in [-0.05, 0) is 31.0 Å². The van der Waals surface area contributed by atoms with Gasteiger partial charge in [-0.2, -0.15) is 0 Å². The molecule has 0 spiro atoms. The fraction of sp³-hybridized carbons (Fsp3) is 0.261. The summed E-state index contributed by atoms with van der Waals surface area (Å²) in [6.07, 6.45) is 0. The first-order valence-electron chi connectivity index (χ1n) is 9.51. The summed E-state index contributed by atoms with van der Waals surface area (Å²) in [6, 6.07) is 10.5. The van der Waals surface area contributed by atoms with Crippen LogP contribution in [-0.4, -0.2) is 44.8 Å². The zero-order valence-corrected chi connectivity index (χ0v) is 18.1. The highest BCUT2D eigenvalue weighted by atomic mass is 16.5. The number of carbonyl (C=O) groups is 2. The van der Waals surface area contributed by atoms with Crippen LogP contribution in [0.5, 0.6) is 17.2 Å². The number of hydrogen-bond donors (Lipinski definition) is 1. The summed E-state index contributed by atoms with van der Waals surface area (Å²) in [5.41, 5.74) is 3.13. The number of anilines is 1. The molecule has 0 unspecified atom stereocenters. The fourth-order valence-corrected chi connectivity index (χ4v) is 3.18. The Balaban J connectivity index is 1.93. The number of aromatic nitrogens is 1. The van der Waals surface area contributed by atoms with Gasteiger partial charge in [-0.3, -0.25) is 4.79 Å². The second-order valence-electron chi connectivity index (χ2n) is 6.83. The highest BCUT2D eigenvalue weighted by Gasteiger charge is 2.18. The van der Waals surface area contributed by atoms with E-state index in [4.69, 9.17) is 18.9 Å². The van der Waals surface area contributed by atoms with Crippen LogP contribution in [-0.2, 0) is 9.53 Å². The summed E-state index contributed by atoms with van der Waals surface area (Å²) < 4.78 is 21.2. The molecule has 0 aliphatic heterocycles. The summed E-state index contributed by atoms with van der Waals surface area (Å²) in [6.45, 7) is 3.58. The first kappa shape index (κ1) is 21.9. The van der Waals surface area contributed by atoms with Crippen LogP contribution in [0.25, 0.3) is 10.9 Å². The second kappa shape index (κ2) is 9.34. The van der Waals surface area contributed by atoms with Crippen molar-refractivity contribution in [3.05, 3.63) is 53.2 Å². The SMILES string of the molecule is COC(=O)c1cc(OCC(=O)Nc2c(C)cccc2C)c2cc(OC)c(OC)cc2n1. The Labute approximate surface area is 180 Å². The Kier molecular flexibility index (Phi) is 6.59. The van der Waals surface area contributed by atoms with Crippen LogP contribution in [0.3, 0.4) is 0 Å². The predicted molar refractivity (Wildman–Crippen MR) is 116 cm³/mol. The molecule has 2 aromatic carbocycles. The highest BCUT2D eigenvalue weighted by Crippen LogP contribution is 2.36. The van der Waals surface area contributed by atoms with Crippen molar-refractivity contribution in [3.8, 4) is 17.2 Å². The Morgan fingerprint density at radius 2 is 1.58 bits per heavy atom. The molecule has 31 heavy (non-hydrogen) atoms. The van der Waals surface area contributed by atoms with Gasteiger partial charge in [0.05, 0.1) is 26.8 Å². The van der Waals surface area contributed by atoms with Crippen molar-refractivity contribution >= 4 is 28.5 Å². The van der Waals surface area contributed by atoms with Crippen LogP contribution >= 0.6 is 0 Å². The molecular weight excluding hydrogens is 400 g/mol. The van der Waals surface area contributed by atoms with Crippen LogP contribution in [0.15, 0.2) is 36.4 Å². The van der Waals surface area contributed by atoms with E-state index >= 15 is 0 Å². The number of carbonyl (C=O) groups excluding carboxylic acids is 2. The lowest BCUT2D eigenvalue weighted by atomic mass is 10.1. The number of nitrogens with one attached hydrogen (secondary N) is 1. The zero-order valence-electron chi connectivity index (χ0n) is 18.1. The molecule has 0 bridgehead atoms. The summed E-state index contributed by atoms with van der Waals surface area (Å²) in [7, 11) is 4.28. The first-order valence-corrected chi connectivity index (χ1v) is 9.51. The molecule has 8 nitrogen and oxygen atoms in total. The summed E-state index contributed by atoms with van der Waals surface area (Å²) in [5.74, 6) is 0.252. The van der Waals surface area contributed by atoms with Crippen LogP contribution < -0.4 is 19.5 Å². The molecule has 0 radical (unpaired) electrons. The number of ether oxygens (including phenoxy) is 4. The number of hydrogen-bond acceptors (Lipinski definition) is 7. The third-order valence-corrected chi connectivity index (χ3v) is 4.77. The molecule has 0 atom stereocenters. The quantitative estimate of drug-likeness (QED) is 0.578. The van der Waals surface area contributed by atoms with E-state index in [2.05, 4.69) is 10.3 Å². The van der Waals surface area contributed by atoms with Gasteiger partial charge in [-0.25, -0.2) is 9.78 Å². The predicted octanol–water partition coefficient (Wildman–Crippen LogP) is 3.67. The average Bonchev–Trinajstić information content (AvgIpc) is 2.78. The molecule has 1 amide bonds. The van der Waals surface area contributed by atoms with Crippen molar-refractivity contribution in [2.75, 3.05) is 33.3 Å². The van der Waals surface area contributed by atoms with Crippen LogP contribution in [0.4, 0.5) is 5.69 Å². The fourth-order valence-electron chi connectivity index (χ4n) is 3.18. The third kappa shape index (κ3) is 4.69. The lowest BCUT2D eigenvalue weighted by Gasteiger charge is -2.15. The molecule has 1 aromatic heterocycles. The van der Waals surface area contributed by atoms with E-state index in [0.29, 0.717) is 28.2 Å². The first-order chi connectivity index (χ1) is 14.9. The average molecular weight is 424 g/mol. The lowest BCUT2D eigenvalue weighted by Crippen LogP contribution is -2.21. The Bertz CT molecular complexity index is 1120. The molecule has 3 rings (SSSR count). The number of fused-ring (bicyclic) bond motifs is 1. The van der Waals surface area contributed by atoms with Crippen LogP contribution in [0, 0.1) is 13.8 Å². The van der Waals surface area contributed by atoms with Gasteiger partial charge >= 0.3 is 5.97 Å². The number of para-hydroxylation sites is 1. The molecule has 0 aliphatic rings. The maximum absolute atomic E-state index is 12.5. The summed E-state index contributed by atoms with van der Waals surface area (Å²) >= 11 is 0. The molecule has 3 aromatic rings. The smallest absolute Gasteiger partial charge is 0.356 e. The Morgan fingerprint density at radius 1 is 0.935 bits per heavy atom. The molecule has 0 aliphatic carbocycles. The Hall–Kier alpha value is -3.81. The zero-order chi connectivity index (χ0) is 22.5. The largest absolute Gasteiger partial charge is 0.493 e. The number of methoxy groups -OCH3 is 3. The third-order valence-electron chi connectivity index (χ3n) is 4.77. The maximum Gasteiger partial charge on any atom is 0.356 e. The minimum absolute atomic E-state index is 0.0485. The van der Waals surface area contributed by atoms with Crippen molar-refractivity contribution < 1.29 is 28.5 Å². The monoisotopic (exact) mass is 424 g/mol. The maximum atomic E-state index is 12.5. The molecule has 0 saturated carbocycles. The molecule has 8 heteroatoms. The number of benzene rings is 2. The summed E-state index contributed by atoms with van der Waals surface area (Å²) in [4.78, 5) is 28.9. The summed E-state index contributed by atoms with van der Waals surface area (Å²) in [5, 5.41) is 3.43. The lowest BCUT2D eigenvalue weighted by molar-refractivity contribution is -0.118. The van der Waals surface area contributed by atoms with Gasteiger partial charge in [0.25, 0.3) is 5.91 Å². The number of rotatable bonds is 7. The van der Waals surface area contributed by atoms with Gasteiger partial charge < -0.3 is 24.3 Å². The number of aryl methyl sites for hydroxylation is 2. The molecule has 0 fully saturated rings. The molecule has 0 saturated heterocycles. The van der Waals surface area contributed by atoms with E-state index in [-0.39, 0.29) is 18.2 Å². The van der Waals surface area contributed by atoms with Crippen molar-refractivity contribution in [2.24, 2.45) is 0 Å². The van der Waals surface area contributed by atoms with E-state index in [9.17, 15) is 9.59 Å². The van der Waals surface area contributed by atoms with Gasteiger partial charge in [-0.1, -0.05) is 18.2 Å². The highest BCUT2D eigenvalue weighted by molar-refractivity contribution is 5.96. The number of nitrogens with zero attached hydrogens (tertiary/aromatic N) is 1. The van der Waals surface area contributed by atoms with Crippen molar-refractivity contribution in [1.29, 1.82) is 0 Å². The number of amides is 1. The van der Waals surface area contributed by atoms with Crippen molar-refractivity contribution in [2.45, 2.75) is 13.8 Å². The molecule has 1 heterocycles. The van der Waals surface area contributed by atoms with Crippen LogP contribution in [0.1, 0.15) is 21.6 Å².